The third-order valence-corrected chi connectivity index (χ3v) is 4.70. The monoisotopic (exact) mass is 319 g/mol. The predicted octanol–water partition coefficient (Wildman–Crippen LogP) is 1.98. The van der Waals surface area contributed by atoms with Gasteiger partial charge in [-0.3, -0.25) is 4.79 Å². The maximum atomic E-state index is 11.1. The molecule has 4 heteroatoms. The van der Waals surface area contributed by atoms with Gasteiger partial charge in [0.25, 0.3) is 0 Å². The van der Waals surface area contributed by atoms with E-state index < -0.39 is 23.0 Å². The molecule has 2 atom stereocenters. The molecule has 4 nitrogen and oxygen atoms in total. The normalized spacial score (nSPS) is 24.0. The summed E-state index contributed by atoms with van der Waals surface area (Å²) in [6, 6.07) is 3.82. The molecule has 0 bridgehead atoms. The van der Waals surface area contributed by atoms with Crippen molar-refractivity contribution in [3.05, 3.63) is 46.7 Å². The minimum atomic E-state index is -0.850. The van der Waals surface area contributed by atoms with Crippen molar-refractivity contribution in [2.45, 2.75) is 64.6 Å². The average molecular weight is 319 g/mol. The van der Waals surface area contributed by atoms with Crippen LogP contribution < -0.4 is 5.11 Å². The molecular weight excluding hydrogens is 292 g/mol. The van der Waals surface area contributed by atoms with Crippen LogP contribution in [0, 0.1) is 6.92 Å². The Hall–Kier alpha value is -1.65. The van der Waals surface area contributed by atoms with E-state index in [1.54, 1.807) is 0 Å². The number of fused-ring (bicyclic) bond motifs is 1. The summed E-state index contributed by atoms with van der Waals surface area (Å²) in [6.07, 6.45) is -0.829. The van der Waals surface area contributed by atoms with E-state index in [2.05, 4.69) is 6.58 Å². The van der Waals surface area contributed by atoms with Crippen LogP contribution in [0.25, 0.3) is 0 Å². The first kappa shape index (κ1) is 19.4. The zero-order valence-corrected chi connectivity index (χ0v) is 14.8. The van der Waals surface area contributed by atoms with Crippen LogP contribution in [0.1, 0.15) is 61.7 Å². The summed E-state index contributed by atoms with van der Waals surface area (Å²) in [5, 5.41) is 30.1. The molecule has 2 rings (SSSR count). The molecule has 0 aliphatic heterocycles. The Morgan fingerprint density at radius 3 is 1.83 bits per heavy atom. The smallest absolute Gasteiger partial charge is 0.150 e. The first-order valence-electron chi connectivity index (χ1n) is 7.66. The van der Waals surface area contributed by atoms with Gasteiger partial charge in [-0.05, 0) is 29.7 Å². The van der Waals surface area contributed by atoms with Gasteiger partial charge in [0.1, 0.15) is 6.29 Å². The quantitative estimate of drug-likeness (QED) is 0.613. The fraction of sp³-hybridized carbons (Fsp3) is 0.526. The summed E-state index contributed by atoms with van der Waals surface area (Å²) in [6.45, 7) is 14.0. The molecule has 1 aliphatic carbocycles. The van der Waals surface area contributed by atoms with Gasteiger partial charge in [-0.25, -0.2) is 0 Å². The van der Waals surface area contributed by atoms with Gasteiger partial charge in [0, 0.05) is 16.4 Å². The topological polar surface area (TPSA) is 80.6 Å². The van der Waals surface area contributed by atoms with Crippen molar-refractivity contribution in [2.75, 3.05) is 0 Å². The van der Waals surface area contributed by atoms with E-state index in [1.165, 1.54) is 6.92 Å². The lowest BCUT2D eigenvalue weighted by Crippen LogP contribution is -2.56. The van der Waals surface area contributed by atoms with Gasteiger partial charge in [-0.15, -0.1) is 12.3 Å². The maximum absolute atomic E-state index is 11.1. The summed E-state index contributed by atoms with van der Waals surface area (Å²) in [4.78, 5) is 11.1. The average Bonchev–Trinajstić information content (AvgIpc) is 2.43. The van der Waals surface area contributed by atoms with E-state index in [9.17, 15) is 20.1 Å². The number of rotatable bonds is 1. The zero-order valence-electron chi connectivity index (χ0n) is 14.8. The second-order valence-corrected chi connectivity index (χ2v) is 7.41. The maximum Gasteiger partial charge on any atom is 0.150 e. The molecule has 0 spiro atoms. The molecular formula is C19H27O4-. The Kier molecular flexibility index (Phi) is 5.45. The van der Waals surface area contributed by atoms with E-state index in [1.807, 2.05) is 46.8 Å². The van der Waals surface area contributed by atoms with Crippen LogP contribution >= 0.6 is 0 Å². The van der Waals surface area contributed by atoms with Gasteiger partial charge in [0.05, 0.1) is 12.2 Å². The van der Waals surface area contributed by atoms with Crippen molar-refractivity contribution < 1.29 is 20.1 Å². The third-order valence-electron chi connectivity index (χ3n) is 4.70. The highest BCUT2D eigenvalue weighted by molar-refractivity contribution is 5.78. The van der Waals surface area contributed by atoms with Crippen molar-refractivity contribution in [3.63, 3.8) is 0 Å². The molecule has 1 aromatic carbocycles. The second kappa shape index (κ2) is 6.46. The molecule has 0 saturated heterocycles. The standard InChI is InChI=1S/C16H22O3.C3H6O/c1-9-6-11-12(7-10(9)8-17)16(4,5)14(19)13(18)15(11,2)3;1-3(2)4/h6-8,13-14,18-19H,1-5H3;4H,1H2,2H3/p-1/t13-,14+;/m0./s1. The number of hydrogen-bond acceptors (Lipinski definition) is 4. The molecule has 128 valence electrons. The molecule has 0 radical (unpaired) electrons. The summed E-state index contributed by atoms with van der Waals surface area (Å²) in [5.74, 6) is -0.0833. The Morgan fingerprint density at radius 1 is 1.13 bits per heavy atom. The summed E-state index contributed by atoms with van der Waals surface area (Å²) >= 11 is 0. The lowest BCUT2D eigenvalue weighted by atomic mass is 9.59. The van der Waals surface area contributed by atoms with Gasteiger partial charge in [0.15, 0.2) is 0 Å². The Labute approximate surface area is 138 Å². The molecule has 0 fully saturated rings. The number of aldehydes is 1. The van der Waals surface area contributed by atoms with Crippen LogP contribution in [0.5, 0.6) is 0 Å². The van der Waals surface area contributed by atoms with Crippen LogP contribution in [-0.4, -0.2) is 28.7 Å². The van der Waals surface area contributed by atoms with Gasteiger partial charge in [0.2, 0.25) is 0 Å². The van der Waals surface area contributed by atoms with E-state index in [-0.39, 0.29) is 5.76 Å². The largest absolute Gasteiger partial charge is 0.876 e. The first-order valence-corrected chi connectivity index (χ1v) is 7.66. The van der Waals surface area contributed by atoms with Crippen LogP contribution in [0.4, 0.5) is 0 Å². The van der Waals surface area contributed by atoms with E-state index in [0.717, 1.165) is 23.0 Å². The number of aryl methyl sites for hydroxylation is 1. The van der Waals surface area contributed by atoms with Crippen LogP contribution in [0.2, 0.25) is 0 Å². The molecule has 1 aliphatic rings. The van der Waals surface area contributed by atoms with Crippen molar-refractivity contribution in [1.82, 2.24) is 0 Å². The Balaban J connectivity index is 0.000000593. The number of aliphatic hydroxyl groups excluding tert-OH is 2. The SMILES string of the molecule is C=C(C)[O-].Cc1cc2c(cc1C=O)C(C)(C)[C@H](O)[C@H](O)C2(C)C. The third kappa shape index (κ3) is 3.48. The summed E-state index contributed by atoms with van der Waals surface area (Å²) in [7, 11) is 0. The minimum Gasteiger partial charge on any atom is -0.876 e. The van der Waals surface area contributed by atoms with E-state index >= 15 is 0 Å². The molecule has 0 amide bonds. The number of allylic oxidation sites excluding steroid dienone is 1. The number of carbonyl (C=O) groups is 1. The molecule has 0 saturated carbocycles. The fourth-order valence-electron chi connectivity index (χ4n) is 3.03. The van der Waals surface area contributed by atoms with Crippen LogP contribution in [0.15, 0.2) is 24.5 Å². The van der Waals surface area contributed by atoms with Gasteiger partial charge in [-0.1, -0.05) is 40.7 Å². The molecule has 0 heterocycles. The zero-order chi connectivity index (χ0) is 18.2. The van der Waals surface area contributed by atoms with Gasteiger partial charge >= 0.3 is 0 Å². The Morgan fingerprint density at radius 2 is 1.48 bits per heavy atom. The fourth-order valence-corrected chi connectivity index (χ4v) is 3.03. The number of carbonyl (C=O) groups excluding carboxylic acids is 1. The number of aliphatic hydroxyl groups is 2. The molecule has 0 aromatic heterocycles. The lowest BCUT2D eigenvalue weighted by molar-refractivity contribution is -0.300. The van der Waals surface area contributed by atoms with Gasteiger partial charge < -0.3 is 15.3 Å². The van der Waals surface area contributed by atoms with Crippen molar-refractivity contribution in [3.8, 4) is 0 Å². The number of benzene rings is 1. The second-order valence-electron chi connectivity index (χ2n) is 7.41. The lowest BCUT2D eigenvalue weighted by Gasteiger charge is -2.49. The van der Waals surface area contributed by atoms with Crippen LogP contribution in [-0.2, 0) is 10.8 Å². The van der Waals surface area contributed by atoms with Crippen LogP contribution in [0.3, 0.4) is 0 Å². The highest BCUT2D eigenvalue weighted by Crippen LogP contribution is 2.46. The molecule has 1 aromatic rings. The predicted molar refractivity (Wildman–Crippen MR) is 89.4 cm³/mol. The Bertz CT molecular complexity index is 610. The highest BCUT2D eigenvalue weighted by atomic mass is 16.3. The number of hydrogen-bond donors (Lipinski definition) is 2. The van der Waals surface area contributed by atoms with Crippen molar-refractivity contribution >= 4 is 6.29 Å². The molecule has 0 unspecified atom stereocenters. The first-order chi connectivity index (χ1) is 10.4. The van der Waals surface area contributed by atoms with E-state index in [4.69, 9.17) is 0 Å². The summed E-state index contributed by atoms with van der Waals surface area (Å²) in [5.41, 5.74) is 2.40. The van der Waals surface area contributed by atoms with E-state index in [0.29, 0.717) is 5.56 Å². The molecule has 23 heavy (non-hydrogen) atoms. The molecule has 2 N–H and O–H groups in total. The summed E-state index contributed by atoms with van der Waals surface area (Å²) < 4.78 is 0. The van der Waals surface area contributed by atoms with Gasteiger partial charge in [-0.2, -0.15) is 0 Å². The minimum absolute atomic E-state index is 0.0833. The van der Waals surface area contributed by atoms with Crippen molar-refractivity contribution in [1.29, 1.82) is 0 Å². The highest BCUT2D eigenvalue weighted by Gasteiger charge is 2.50. The van der Waals surface area contributed by atoms with Crippen molar-refractivity contribution in [2.24, 2.45) is 0 Å².